The van der Waals surface area contributed by atoms with Crippen LogP contribution in [0.2, 0.25) is 0 Å². The van der Waals surface area contributed by atoms with Crippen molar-refractivity contribution in [1.29, 1.82) is 0 Å². The van der Waals surface area contributed by atoms with E-state index in [1.807, 2.05) is 6.92 Å². The van der Waals surface area contributed by atoms with Gasteiger partial charge in [-0.25, -0.2) is 4.79 Å². The number of carboxylic acid groups (broad SMARTS) is 1. The number of carboxylic acids is 1. The predicted molar refractivity (Wildman–Crippen MR) is 66.5 cm³/mol. The fourth-order valence-electron chi connectivity index (χ4n) is 1.49. The molecule has 0 aromatic heterocycles. The quantitative estimate of drug-likeness (QED) is 0.584. The molecule has 1 aromatic carbocycles. The fraction of sp³-hybridized carbons (Fsp3) is 0.333. The lowest BCUT2D eigenvalue weighted by molar-refractivity contribution is -0.119. The molecule has 0 fully saturated rings. The van der Waals surface area contributed by atoms with Crippen molar-refractivity contribution in [3.63, 3.8) is 0 Å². The summed E-state index contributed by atoms with van der Waals surface area (Å²) in [6.45, 7) is 2.07. The third-order valence-corrected chi connectivity index (χ3v) is 2.64. The molecular weight excluding hydrogens is 236 g/mol. The molecule has 1 amide bonds. The highest BCUT2D eigenvalue weighted by molar-refractivity contribution is 5.96. The minimum absolute atomic E-state index is 0.228. The van der Waals surface area contributed by atoms with Gasteiger partial charge in [0.2, 0.25) is 5.91 Å². The van der Waals surface area contributed by atoms with Gasteiger partial charge in [0, 0.05) is 12.2 Å². The number of nitrogens with one attached hydrogen (secondary N) is 1. The minimum atomic E-state index is -1.26. The maximum absolute atomic E-state index is 11.7. The molecule has 0 bridgehead atoms. The largest absolute Gasteiger partial charge is 0.507 e. The number of rotatable bonds is 5. The van der Waals surface area contributed by atoms with Crippen molar-refractivity contribution in [2.45, 2.75) is 13.3 Å². The van der Waals surface area contributed by atoms with Crippen molar-refractivity contribution < 1.29 is 19.8 Å². The van der Waals surface area contributed by atoms with Gasteiger partial charge in [0.15, 0.2) is 0 Å². The lowest BCUT2D eigenvalue weighted by Gasteiger charge is -2.13. The van der Waals surface area contributed by atoms with Gasteiger partial charge in [-0.3, -0.25) is 4.79 Å². The second-order valence-electron chi connectivity index (χ2n) is 3.87. The summed E-state index contributed by atoms with van der Waals surface area (Å²) < 4.78 is 0. The van der Waals surface area contributed by atoms with Crippen LogP contribution in [-0.2, 0) is 4.79 Å². The third kappa shape index (κ3) is 3.21. The van der Waals surface area contributed by atoms with Crippen LogP contribution in [0.3, 0.4) is 0 Å². The van der Waals surface area contributed by atoms with Crippen molar-refractivity contribution in [3.8, 4) is 5.75 Å². The summed E-state index contributed by atoms with van der Waals surface area (Å²) in [4.78, 5) is 22.6. The van der Waals surface area contributed by atoms with E-state index in [0.717, 1.165) is 0 Å². The minimum Gasteiger partial charge on any atom is -0.507 e. The van der Waals surface area contributed by atoms with Crippen molar-refractivity contribution in [1.82, 2.24) is 0 Å². The van der Waals surface area contributed by atoms with Crippen molar-refractivity contribution in [2.24, 2.45) is 11.7 Å². The normalized spacial score (nSPS) is 11.9. The molecule has 0 aliphatic heterocycles. The number of anilines is 1. The number of benzene rings is 1. The summed E-state index contributed by atoms with van der Waals surface area (Å²) in [5.74, 6) is -2.17. The Balaban J connectivity index is 2.89. The summed E-state index contributed by atoms with van der Waals surface area (Å²) in [5, 5.41) is 20.7. The van der Waals surface area contributed by atoms with E-state index in [9.17, 15) is 14.7 Å². The van der Waals surface area contributed by atoms with E-state index in [4.69, 9.17) is 10.8 Å². The van der Waals surface area contributed by atoms with Gasteiger partial charge >= 0.3 is 5.97 Å². The fourth-order valence-corrected chi connectivity index (χ4v) is 1.49. The van der Waals surface area contributed by atoms with Gasteiger partial charge in [-0.15, -0.1) is 0 Å². The van der Waals surface area contributed by atoms with Crippen LogP contribution in [0.25, 0.3) is 0 Å². The average Bonchev–Trinajstić information content (AvgIpc) is 2.32. The number of aromatic hydroxyl groups is 1. The predicted octanol–water partition coefficient (Wildman–Crippen LogP) is 1.01. The first-order valence-electron chi connectivity index (χ1n) is 5.56. The molecule has 18 heavy (non-hydrogen) atoms. The maximum Gasteiger partial charge on any atom is 0.339 e. The molecule has 0 aliphatic carbocycles. The number of hydrogen-bond acceptors (Lipinski definition) is 4. The van der Waals surface area contributed by atoms with Crippen molar-refractivity contribution >= 4 is 17.6 Å². The van der Waals surface area contributed by atoms with E-state index in [2.05, 4.69) is 5.32 Å². The Kier molecular flexibility index (Phi) is 4.67. The van der Waals surface area contributed by atoms with E-state index >= 15 is 0 Å². The number of amides is 1. The smallest absolute Gasteiger partial charge is 0.339 e. The number of phenols is 1. The number of nitrogens with two attached hydrogens (primary N) is 1. The molecule has 0 saturated heterocycles. The van der Waals surface area contributed by atoms with E-state index in [1.54, 1.807) is 0 Å². The molecule has 0 spiro atoms. The van der Waals surface area contributed by atoms with Gasteiger partial charge in [0.25, 0.3) is 0 Å². The van der Waals surface area contributed by atoms with E-state index in [0.29, 0.717) is 12.1 Å². The topological polar surface area (TPSA) is 113 Å². The van der Waals surface area contributed by atoms with Crippen LogP contribution in [0, 0.1) is 5.92 Å². The summed E-state index contributed by atoms with van der Waals surface area (Å²) in [6.07, 6.45) is 0.603. The second kappa shape index (κ2) is 6.02. The highest BCUT2D eigenvalue weighted by Gasteiger charge is 2.16. The average molecular weight is 252 g/mol. The molecule has 0 heterocycles. The molecule has 6 nitrogen and oxygen atoms in total. The standard InChI is InChI=1S/C12H16N2O4/c1-2-7(6-13)11(16)14-8-3-4-10(15)9(5-8)12(17)18/h3-5,7,15H,2,6,13H2,1H3,(H,14,16)(H,17,18). The lowest BCUT2D eigenvalue weighted by Crippen LogP contribution is -2.28. The molecule has 6 heteroatoms. The van der Waals surface area contributed by atoms with Crippen LogP contribution in [-0.4, -0.2) is 28.6 Å². The van der Waals surface area contributed by atoms with Crippen LogP contribution in [0.15, 0.2) is 18.2 Å². The molecular formula is C12H16N2O4. The van der Waals surface area contributed by atoms with Crippen molar-refractivity contribution in [3.05, 3.63) is 23.8 Å². The first-order valence-corrected chi connectivity index (χ1v) is 5.56. The number of carbonyl (C=O) groups excluding carboxylic acids is 1. The Morgan fingerprint density at radius 3 is 2.61 bits per heavy atom. The number of carbonyl (C=O) groups is 2. The first-order chi connectivity index (χ1) is 8.49. The van der Waals surface area contributed by atoms with E-state index in [1.165, 1.54) is 18.2 Å². The highest BCUT2D eigenvalue weighted by atomic mass is 16.4. The molecule has 5 N–H and O–H groups in total. The van der Waals surface area contributed by atoms with Gasteiger partial charge in [-0.05, 0) is 24.6 Å². The molecule has 1 rings (SSSR count). The number of hydrogen-bond donors (Lipinski definition) is 4. The number of aromatic carboxylic acids is 1. The van der Waals surface area contributed by atoms with Crippen molar-refractivity contribution in [2.75, 3.05) is 11.9 Å². The van der Waals surface area contributed by atoms with Crippen LogP contribution in [0.5, 0.6) is 5.75 Å². The van der Waals surface area contributed by atoms with E-state index in [-0.39, 0.29) is 29.7 Å². The zero-order chi connectivity index (χ0) is 13.7. The van der Waals surface area contributed by atoms with Gasteiger partial charge in [-0.2, -0.15) is 0 Å². The molecule has 0 aliphatic rings. The summed E-state index contributed by atoms with van der Waals surface area (Å²) in [5.41, 5.74) is 5.51. The molecule has 1 unspecified atom stereocenters. The monoisotopic (exact) mass is 252 g/mol. The lowest BCUT2D eigenvalue weighted by atomic mass is 10.1. The first kappa shape index (κ1) is 14.0. The Labute approximate surface area is 104 Å². The van der Waals surface area contributed by atoms with E-state index < -0.39 is 5.97 Å². The second-order valence-corrected chi connectivity index (χ2v) is 3.87. The van der Waals surface area contributed by atoms with Gasteiger partial charge < -0.3 is 21.3 Å². The van der Waals surface area contributed by atoms with Gasteiger partial charge in [-0.1, -0.05) is 6.92 Å². The Hall–Kier alpha value is -2.08. The Morgan fingerprint density at radius 1 is 1.44 bits per heavy atom. The highest BCUT2D eigenvalue weighted by Crippen LogP contribution is 2.21. The zero-order valence-corrected chi connectivity index (χ0v) is 10.0. The molecule has 0 saturated carbocycles. The Morgan fingerprint density at radius 2 is 2.11 bits per heavy atom. The van der Waals surface area contributed by atoms with Gasteiger partial charge in [0.1, 0.15) is 11.3 Å². The molecule has 1 atom stereocenters. The third-order valence-electron chi connectivity index (χ3n) is 2.64. The van der Waals surface area contributed by atoms with Gasteiger partial charge in [0.05, 0.1) is 5.92 Å². The molecule has 98 valence electrons. The Bertz CT molecular complexity index is 455. The summed E-state index contributed by atoms with van der Waals surface area (Å²) in [7, 11) is 0. The van der Waals surface area contributed by atoms with Crippen LogP contribution >= 0.6 is 0 Å². The van der Waals surface area contributed by atoms with Crippen LogP contribution in [0.4, 0.5) is 5.69 Å². The van der Waals surface area contributed by atoms with Crippen LogP contribution < -0.4 is 11.1 Å². The zero-order valence-electron chi connectivity index (χ0n) is 10.0. The molecule has 1 aromatic rings. The SMILES string of the molecule is CCC(CN)C(=O)Nc1ccc(O)c(C(=O)O)c1. The summed E-state index contributed by atoms with van der Waals surface area (Å²) >= 11 is 0. The molecule has 0 radical (unpaired) electrons. The van der Waals surface area contributed by atoms with Crippen LogP contribution in [0.1, 0.15) is 23.7 Å². The maximum atomic E-state index is 11.7. The summed E-state index contributed by atoms with van der Waals surface area (Å²) in [6, 6.07) is 3.87.